The molecular weight excluding hydrogens is 261 g/mol. The van der Waals surface area contributed by atoms with Crippen molar-refractivity contribution in [3.8, 4) is 0 Å². The van der Waals surface area contributed by atoms with Crippen LogP contribution < -0.4 is 0 Å². The third-order valence-corrected chi connectivity index (χ3v) is 3.74. The van der Waals surface area contributed by atoms with Crippen LogP contribution in [0.1, 0.15) is 16.7 Å². The minimum absolute atomic E-state index is 0.281. The highest BCUT2D eigenvalue weighted by atomic mass is 19.4. The molecule has 0 radical (unpaired) electrons. The van der Waals surface area contributed by atoms with Crippen molar-refractivity contribution in [2.75, 3.05) is 0 Å². The molecule has 0 fully saturated rings. The van der Waals surface area contributed by atoms with E-state index in [9.17, 15) is 13.2 Å². The lowest BCUT2D eigenvalue weighted by molar-refractivity contribution is -0.151. The van der Waals surface area contributed by atoms with Crippen LogP contribution in [0, 0.1) is 6.92 Å². The lowest BCUT2D eigenvalue weighted by Gasteiger charge is -2.23. The maximum atomic E-state index is 13.5. The van der Waals surface area contributed by atoms with Crippen molar-refractivity contribution >= 4 is 5.57 Å². The zero-order chi connectivity index (χ0) is 14.4. The molecule has 3 rings (SSSR count). The predicted molar refractivity (Wildman–Crippen MR) is 73.3 cm³/mol. The highest BCUT2D eigenvalue weighted by Crippen LogP contribution is 2.61. The fourth-order valence-corrected chi connectivity index (χ4v) is 2.56. The van der Waals surface area contributed by atoms with Crippen LogP contribution in [-0.2, 0) is 5.41 Å². The first kappa shape index (κ1) is 13.0. The monoisotopic (exact) mass is 274 g/mol. The molecule has 2 aromatic carbocycles. The molecule has 0 saturated carbocycles. The van der Waals surface area contributed by atoms with Gasteiger partial charge in [-0.1, -0.05) is 66.2 Å². The summed E-state index contributed by atoms with van der Waals surface area (Å²) in [6.07, 6.45) is -3.00. The smallest absolute Gasteiger partial charge is 0.169 e. The highest BCUT2D eigenvalue weighted by Gasteiger charge is 2.64. The third kappa shape index (κ3) is 1.85. The molecule has 0 aliphatic heterocycles. The Labute approximate surface area is 115 Å². The van der Waals surface area contributed by atoms with E-state index >= 15 is 0 Å². The summed E-state index contributed by atoms with van der Waals surface area (Å²) < 4.78 is 40.6. The number of rotatable bonds is 2. The van der Waals surface area contributed by atoms with E-state index in [-0.39, 0.29) is 5.56 Å². The Hall–Kier alpha value is -2.03. The van der Waals surface area contributed by atoms with Gasteiger partial charge in [0.1, 0.15) is 5.41 Å². The molecule has 3 heteroatoms. The summed E-state index contributed by atoms with van der Waals surface area (Å²) in [5.41, 5.74) is 0.382. The van der Waals surface area contributed by atoms with Crippen LogP contribution in [0.15, 0.2) is 60.7 Å². The van der Waals surface area contributed by atoms with Crippen molar-refractivity contribution in [2.24, 2.45) is 0 Å². The first-order valence-electron chi connectivity index (χ1n) is 6.38. The van der Waals surface area contributed by atoms with E-state index in [1.54, 1.807) is 30.3 Å². The van der Waals surface area contributed by atoms with Crippen molar-refractivity contribution in [3.05, 3.63) is 77.4 Å². The minimum atomic E-state index is -4.31. The van der Waals surface area contributed by atoms with Gasteiger partial charge in [-0.15, -0.1) is 0 Å². The molecule has 0 heterocycles. The Balaban J connectivity index is 2.04. The number of halogens is 3. The van der Waals surface area contributed by atoms with Crippen LogP contribution >= 0.6 is 0 Å². The quantitative estimate of drug-likeness (QED) is 0.731. The second kappa shape index (κ2) is 4.23. The van der Waals surface area contributed by atoms with Gasteiger partial charge in [-0.25, -0.2) is 0 Å². The van der Waals surface area contributed by atoms with Crippen molar-refractivity contribution in [3.63, 3.8) is 0 Å². The number of hydrogen-bond acceptors (Lipinski definition) is 0. The van der Waals surface area contributed by atoms with Gasteiger partial charge in [-0.3, -0.25) is 0 Å². The average Bonchev–Trinajstić information content (AvgIpc) is 3.17. The maximum absolute atomic E-state index is 13.5. The topological polar surface area (TPSA) is 0 Å². The van der Waals surface area contributed by atoms with Crippen molar-refractivity contribution < 1.29 is 13.2 Å². The Morgan fingerprint density at radius 2 is 1.45 bits per heavy atom. The molecule has 0 aromatic heterocycles. The Bertz CT molecular complexity index is 651. The van der Waals surface area contributed by atoms with Crippen molar-refractivity contribution in [2.45, 2.75) is 18.5 Å². The fraction of sp³-hybridized carbons (Fsp3) is 0.176. The van der Waals surface area contributed by atoms with E-state index in [4.69, 9.17) is 0 Å². The van der Waals surface area contributed by atoms with Gasteiger partial charge in [0.05, 0.1) is 0 Å². The molecule has 0 spiro atoms. The van der Waals surface area contributed by atoms with Gasteiger partial charge in [0.2, 0.25) is 0 Å². The van der Waals surface area contributed by atoms with Gasteiger partial charge in [-0.05, 0) is 23.6 Å². The van der Waals surface area contributed by atoms with E-state index in [2.05, 4.69) is 0 Å². The van der Waals surface area contributed by atoms with Crippen molar-refractivity contribution in [1.82, 2.24) is 0 Å². The fourth-order valence-electron chi connectivity index (χ4n) is 2.56. The van der Waals surface area contributed by atoms with Crippen LogP contribution in [0.25, 0.3) is 5.57 Å². The molecule has 102 valence electrons. The van der Waals surface area contributed by atoms with Gasteiger partial charge >= 0.3 is 6.18 Å². The van der Waals surface area contributed by atoms with E-state index in [0.717, 1.165) is 5.56 Å². The van der Waals surface area contributed by atoms with Gasteiger partial charge in [0, 0.05) is 0 Å². The summed E-state index contributed by atoms with van der Waals surface area (Å²) >= 11 is 0. The second-order valence-electron chi connectivity index (χ2n) is 5.10. The van der Waals surface area contributed by atoms with Crippen LogP contribution in [0.5, 0.6) is 0 Å². The van der Waals surface area contributed by atoms with E-state index < -0.39 is 11.6 Å². The van der Waals surface area contributed by atoms with E-state index in [0.29, 0.717) is 11.1 Å². The second-order valence-corrected chi connectivity index (χ2v) is 5.10. The molecule has 0 amide bonds. The third-order valence-electron chi connectivity index (χ3n) is 3.74. The molecule has 0 nitrogen and oxygen atoms in total. The van der Waals surface area contributed by atoms with Crippen molar-refractivity contribution in [1.29, 1.82) is 0 Å². The number of aryl methyl sites for hydroxylation is 1. The average molecular weight is 274 g/mol. The zero-order valence-electron chi connectivity index (χ0n) is 10.9. The first-order valence-corrected chi connectivity index (χ1v) is 6.38. The number of hydrogen-bond donors (Lipinski definition) is 0. The molecule has 0 saturated heterocycles. The Morgan fingerprint density at radius 3 is 2.00 bits per heavy atom. The molecule has 1 aliphatic carbocycles. The summed E-state index contributed by atoms with van der Waals surface area (Å²) in [7, 11) is 0. The molecule has 1 unspecified atom stereocenters. The molecular formula is C17H13F3. The molecule has 0 N–H and O–H groups in total. The predicted octanol–water partition coefficient (Wildman–Crippen LogP) is 4.89. The Morgan fingerprint density at radius 1 is 0.850 bits per heavy atom. The van der Waals surface area contributed by atoms with Crippen LogP contribution in [-0.4, -0.2) is 6.18 Å². The van der Waals surface area contributed by atoms with E-state index in [1.807, 2.05) is 19.1 Å². The first-order chi connectivity index (χ1) is 9.45. The standard InChI is InChI=1S/C17H13F3/c1-12-7-9-13(10-8-12)15-11-16(15,17(18,19)20)14-5-3-2-4-6-14/h2-11H,1H3. The lowest BCUT2D eigenvalue weighted by atomic mass is 9.87. The van der Waals surface area contributed by atoms with Gasteiger partial charge in [0.15, 0.2) is 0 Å². The summed E-state index contributed by atoms with van der Waals surface area (Å²) in [5.74, 6) is 0. The summed E-state index contributed by atoms with van der Waals surface area (Å²) in [6, 6.07) is 15.2. The van der Waals surface area contributed by atoms with Crippen LogP contribution in [0.4, 0.5) is 13.2 Å². The largest absolute Gasteiger partial charge is 0.405 e. The number of alkyl halides is 3. The minimum Gasteiger partial charge on any atom is -0.169 e. The number of allylic oxidation sites excluding steroid dienone is 2. The van der Waals surface area contributed by atoms with Gasteiger partial charge in [-0.2, -0.15) is 13.2 Å². The molecule has 1 atom stereocenters. The van der Waals surface area contributed by atoms with E-state index in [1.165, 1.54) is 18.2 Å². The van der Waals surface area contributed by atoms with Crippen LogP contribution in [0.2, 0.25) is 0 Å². The summed E-state index contributed by atoms with van der Waals surface area (Å²) in [6.45, 7) is 1.92. The highest BCUT2D eigenvalue weighted by molar-refractivity contribution is 5.92. The molecule has 2 aromatic rings. The van der Waals surface area contributed by atoms with Crippen LogP contribution in [0.3, 0.4) is 0 Å². The SMILES string of the molecule is Cc1ccc(C2=CC2(c2ccccc2)C(F)(F)F)cc1. The Kier molecular flexibility index (Phi) is 2.75. The lowest BCUT2D eigenvalue weighted by Crippen LogP contribution is -2.31. The molecule has 0 bridgehead atoms. The zero-order valence-corrected chi connectivity index (χ0v) is 10.9. The summed E-state index contributed by atoms with van der Waals surface area (Å²) in [5, 5.41) is 0. The van der Waals surface area contributed by atoms with Gasteiger partial charge < -0.3 is 0 Å². The maximum Gasteiger partial charge on any atom is 0.405 e. The summed E-state index contributed by atoms with van der Waals surface area (Å²) in [4.78, 5) is 0. The van der Waals surface area contributed by atoms with Gasteiger partial charge in [0.25, 0.3) is 0 Å². The molecule has 1 aliphatic rings. The normalized spacial score (nSPS) is 21.5. The number of benzene rings is 2. The molecule has 20 heavy (non-hydrogen) atoms.